The Balaban J connectivity index is 1.75. The minimum absolute atomic E-state index is 0.0583. The third-order valence-electron chi connectivity index (χ3n) is 5.43. The molecule has 0 amide bonds. The molecule has 2 aromatic carbocycles. The van der Waals surface area contributed by atoms with Gasteiger partial charge in [-0.3, -0.25) is 4.79 Å². The van der Waals surface area contributed by atoms with Crippen LogP contribution in [0, 0.1) is 0 Å². The molecule has 0 bridgehead atoms. The summed E-state index contributed by atoms with van der Waals surface area (Å²) < 4.78 is 7.22. The molecule has 164 valence electrons. The number of rotatable bonds is 11. The fourth-order valence-corrected chi connectivity index (χ4v) is 3.74. The van der Waals surface area contributed by atoms with Crippen LogP contribution in [0.1, 0.15) is 35.7 Å². The highest BCUT2D eigenvalue weighted by atomic mass is 16.5. The normalized spacial score (nSPS) is 12.7. The number of ether oxygens (including phenoxy) is 1. The number of nitrogens with zero attached hydrogens (tertiary/aromatic N) is 2. The largest absolute Gasteiger partial charge is 0.497 e. The number of ketones is 1. The van der Waals surface area contributed by atoms with Gasteiger partial charge in [0.1, 0.15) is 5.75 Å². The third-order valence-corrected chi connectivity index (χ3v) is 5.43. The standard InChI is InChI=1S/C26H32N2O3/c1-4-5-16-27(2)18-22(29)19-28-17-21(24-8-6-7-9-25(24)28)12-15-26(30)20-10-13-23(31-3)14-11-20/h6-15,17,22,29H,4-5,16,18-19H2,1-3H3/b15-12+/t22-/m1/s1. The maximum atomic E-state index is 12.6. The number of aliphatic hydroxyl groups excluding tert-OH is 1. The van der Waals surface area contributed by atoms with Gasteiger partial charge in [0.2, 0.25) is 0 Å². The first-order valence-corrected chi connectivity index (χ1v) is 10.8. The number of unbranched alkanes of at least 4 members (excludes halogenated alkanes) is 1. The molecule has 3 rings (SSSR count). The summed E-state index contributed by atoms with van der Waals surface area (Å²) in [4.78, 5) is 14.7. The summed E-state index contributed by atoms with van der Waals surface area (Å²) in [5.74, 6) is 0.666. The first-order chi connectivity index (χ1) is 15.0. The van der Waals surface area contributed by atoms with Crippen molar-refractivity contribution >= 4 is 22.8 Å². The molecule has 5 heteroatoms. The Morgan fingerprint density at radius 1 is 1.19 bits per heavy atom. The zero-order valence-electron chi connectivity index (χ0n) is 18.6. The molecule has 0 aliphatic heterocycles. The number of aliphatic hydroxyl groups is 1. The van der Waals surface area contributed by atoms with Crippen LogP contribution >= 0.6 is 0 Å². The molecular formula is C26H32N2O3. The van der Waals surface area contributed by atoms with Gasteiger partial charge in [0, 0.05) is 41.3 Å². The number of hydrogen-bond donors (Lipinski definition) is 1. The van der Waals surface area contributed by atoms with E-state index in [1.165, 1.54) is 0 Å². The lowest BCUT2D eigenvalue weighted by molar-refractivity contribution is 0.104. The number of methoxy groups -OCH3 is 1. The SMILES string of the molecule is CCCCN(C)C[C@@H](O)Cn1cc(/C=C/C(=O)c2ccc(OC)cc2)c2ccccc21. The van der Waals surface area contributed by atoms with Crippen molar-refractivity contribution < 1.29 is 14.6 Å². The molecule has 0 radical (unpaired) electrons. The van der Waals surface area contributed by atoms with E-state index in [-0.39, 0.29) is 5.78 Å². The van der Waals surface area contributed by atoms with Crippen LogP contribution in [0.5, 0.6) is 5.75 Å². The van der Waals surface area contributed by atoms with Crippen LogP contribution in [0.4, 0.5) is 0 Å². The van der Waals surface area contributed by atoms with E-state index in [9.17, 15) is 9.90 Å². The van der Waals surface area contributed by atoms with Crippen LogP contribution in [0.15, 0.2) is 60.8 Å². The van der Waals surface area contributed by atoms with Crippen molar-refractivity contribution in [2.24, 2.45) is 0 Å². The summed E-state index contributed by atoms with van der Waals surface area (Å²) in [5.41, 5.74) is 2.63. The number of allylic oxidation sites excluding steroid dienone is 1. The molecule has 0 unspecified atom stereocenters. The summed E-state index contributed by atoms with van der Waals surface area (Å²) in [6.07, 6.45) is 7.28. The lowest BCUT2D eigenvalue weighted by Crippen LogP contribution is -2.32. The molecular weight excluding hydrogens is 388 g/mol. The second-order valence-electron chi connectivity index (χ2n) is 7.95. The molecule has 0 saturated heterocycles. The number of fused-ring (bicyclic) bond motifs is 1. The molecule has 0 fully saturated rings. The number of hydrogen-bond acceptors (Lipinski definition) is 4. The van der Waals surface area contributed by atoms with E-state index < -0.39 is 6.10 Å². The van der Waals surface area contributed by atoms with Gasteiger partial charge in [0.05, 0.1) is 13.2 Å². The molecule has 3 aromatic rings. The quantitative estimate of drug-likeness (QED) is 0.363. The van der Waals surface area contributed by atoms with Crippen LogP contribution in [0.25, 0.3) is 17.0 Å². The lowest BCUT2D eigenvalue weighted by Gasteiger charge is -2.21. The molecule has 0 aliphatic rings. The molecule has 1 heterocycles. The van der Waals surface area contributed by atoms with Crippen molar-refractivity contribution in [2.75, 3.05) is 27.2 Å². The van der Waals surface area contributed by atoms with Crippen molar-refractivity contribution in [3.05, 3.63) is 71.9 Å². The molecule has 0 saturated carbocycles. The predicted octanol–water partition coefficient (Wildman–Crippen LogP) is 4.64. The highest BCUT2D eigenvalue weighted by molar-refractivity contribution is 6.07. The van der Waals surface area contributed by atoms with Crippen LogP contribution in [0.2, 0.25) is 0 Å². The molecule has 0 aliphatic carbocycles. The van der Waals surface area contributed by atoms with E-state index >= 15 is 0 Å². The zero-order chi connectivity index (χ0) is 22.2. The fraction of sp³-hybridized carbons (Fsp3) is 0.346. The summed E-state index contributed by atoms with van der Waals surface area (Å²) in [5, 5.41) is 11.7. The molecule has 31 heavy (non-hydrogen) atoms. The van der Waals surface area contributed by atoms with Crippen molar-refractivity contribution in [2.45, 2.75) is 32.4 Å². The van der Waals surface area contributed by atoms with Gasteiger partial charge in [0.25, 0.3) is 0 Å². The van der Waals surface area contributed by atoms with E-state index in [0.29, 0.717) is 18.7 Å². The first-order valence-electron chi connectivity index (χ1n) is 10.8. The number of carbonyl (C=O) groups excluding carboxylic acids is 1. The molecule has 5 nitrogen and oxygen atoms in total. The first kappa shape index (κ1) is 22.8. The summed E-state index contributed by atoms with van der Waals surface area (Å²) >= 11 is 0. The Morgan fingerprint density at radius 3 is 2.65 bits per heavy atom. The Morgan fingerprint density at radius 2 is 1.94 bits per heavy atom. The Labute approximate surface area is 184 Å². The Bertz CT molecular complexity index is 1020. The van der Waals surface area contributed by atoms with Crippen LogP contribution in [-0.2, 0) is 6.54 Å². The number of carbonyl (C=O) groups is 1. The van der Waals surface area contributed by atoms with Crippen molar-refractivity contribution in [3.63, 3.8) is 0 Å². The van der Waals surface area contributed by atoms with Gasteiger partial charge in [-0.2, -0.15) is 0 Å². The monoisotopic (exact) mass is 420 g/mol. The highest BCUT2D eigenvalue weighted by Crippen LogP contribution is 2.23. The van der Waals surface area contributed by atoms with E-state index in [1.54, 1.807) is 37.5 Å². The molecule has 1 atom stereocenters. The van der Waals surface area contributed by atoms with Crippen molar-refractivity contribution in [1.29, 1.82) is 0 Å². The highest BCUT2D eigenvalue weighted by Gasteiger charge is 2.13. The van der Waals surface area contributed by atoms with E-state index in [1.807, 2.05) is 43.6 Å². The topological polar surface area (TPSA) is 54.7 Å². The number of likely N-dealkylation sites (N-methyl/N-ethyl adjacent to an activating group) is 1. The summed E-state index contributed by atoms with van der Waals surface area (Å²) in [6, 6.07) is 15.2. The summed E-state index contributed by atoms with van der Waals surface area (Å²) in [6.45, 7) is 4.30. The number of para-hydroxylation sites is 1. The molecule has 1 aromatic heterocycles. The lowest BCUT2D eigenvalue weighted by atomic mass is 10.1. The number of benzene rings is 2. The predicted molar refractivity (Wildman–Crippen MR) is 127 cm³/mol. The fourth-order valence-electron chi connectivity index (χ4n) is 3.74. The third kappa shape index (κ3) is 6.06. The van der Waals surface area contributed by atoms with Crippen molar-refractivity contribution in [1.82, 2.24) is 9.47 Å². The van der Waals surface area contributed by atoms with Crippen LogP contribution in [-0.4, -0.2) is 53.7 Å². The minimum atomic E-state index is -0.463. The molecule has 1 N–H and O–H groups in total. The van der Waals surface area contributed by atoms with Gasteiger partial charge in [-0.25, -0.2) is 0 Å². The van der Waals surface area contributed by atoms with Gasteiger partial charge in [-0.05, 0) is 62.5 Å². The second kappa shape index (κ2) is 10.9. The maximum absolute atomic E-state index is 12.6. The van der Waals surface area contributed by atoms with Gasteiger partial charge in [0.15, 0.2) is 5.78 Å². The summed E-state index contributed by atoms with van der Waals surface area (Å²) in [7, 11) is 3.65. The van der Waals surface area contributed by atoms with Crippen LogP contribution < -0.4 is 4.74 Å². The Hall–Kier alpha value is -2.89. The minimum Gasteiger partial charge on any atom is -0.497 e. The van der Waals surface area contributed by atoms with Gasteiger partial charge >= 0.3 is 0 Å². The average Bonchev–Trinajstić information content (AvgIpc) is 3.13. The van der Waals surface area contributed by atoms with E-state index in [0.717, 1.165) is 41.6 Å². The van der Waals surface area contributed by atoms with E-state index in [2.05, 4.69) is 16.4 Å². The zero-order valence-corrected chi connectivity index (χ0v) is 18.6. The van der Waals surface area contributed by atoms with Gasteiger partial charge in [-0.1, -0.05) is 31.5 Å². The average molecular weight is 421 g/mol. The second-order valence-corrected chi connectivity index (χ2v) is 7.95. The smallest absolute Gasteiger partial charge is 0.185 e. The van der Waals surface area contributed by atoms with Gasteiger partial charge < -0.3 is 19.3 Å². The number of aromatic nitrogens is 1. The van der Waals surface area contributed by atoms with Crippen molar-refractivity contribution in [3.8, 4) is 5.75 Å². The molecule has 0 spiro atoms. The van der Waals surface area contributed by atoms with E-state index in [4.69, 9.17) is 4.74 Å². The van der Waals surface area contributed by atoms with Crippen LogP contribution in [0.3, 0.4) is 0 Å². The Kier molecular flexibility index (Phi) is 8.04. The maximum Gasteiger partial charge on any atom is 0.185 e. The van der Waals surface area contributed by atoms with Gasteiger partial charge in [-0.15, -0.1) is 0 Å².